The molecule has 23 heavy (non-hydrogen) atoms. The van der Waals surface area contributed by atoms with Gasteiger partial charge in [0.05, 0.1) is 26.1 Å². The number of anilines is 1. The zero-order valence-electron chi connectivity index (χ0n) is 12.5. The van der Waals surface area contributed by atoms with Crippen molar-refractivity contribution < 1.29 is 14.3 Å². The number of hydrazone groups is 1. The highest BCUT2D eigenvalue weighted by molar-refractivity contribution is 7.80. The van der Waals surface area contributed by atoms with Gasteiger partial charge in [0.25, 0.3) is 0 Å². The van der Waals surface area contributed by atoms with Crippen molar-refractivity contribution in [3.8, 4) is 5.75 Å². The van der Waals surface area contributed by atoms with Crippen LogP contribution in [-0.2, 0) is 4.74 Å². The molecule has 0 aliphatic rings. The average molecular weight is 349 g/mol. The first-order valence-electron chi connectivity index (χ1n) is 6.54. The van der Waals surface area contributed by atoms with Crippen LogP contribution in [-0.4, -0.2) is 31.5 Å². The first-order chi connectivity index (χ1) is 11.2. The average Bonchev–Trinajstić information content (AvgIpc) is 3.02. The van der Waals surface area contributed by atoms with E-state index in [4.69, 9.17) is 21.7 Å². The third-order valence-electron chi connectivity index (χ3n) is 2.79. The molecule has 0 fully saturated rings. The van der Waals surface area contributed by atoms with Gasteiger partial charge in [-0.3, -0.25) is 5.43 Å². The van der Waals surface area contributed by atoms with Crippen LogP contribution in [0.4, 0.5) is 5.69 Å². The summed E-state index contributed by atoms with van der Waals surface area (Å²) in [5, 5.41) is 9.00. The first kappa shape index (κ1) is 16.9. The quantitative estimate of drug-likeness (QED) is 0.374. The number of carbonyl (C=O) groups is 1. The van der Waals surface area contributed by atoms with Crippen molar-refractivity contribution in [3.05, 3.63) is 46.2 Å². The molecule has 1 aromatic carbocycles. The molecule has 0 aliphatic carbocycles. The molecule has 120 valence electrons. The number of benzene rings is 1. The third-order valence-corrected chi connectivity index (χ3v) is 3.88. The highest BCUT2D eigenvalue weighted by atomic mass is 32.1. The van der Waals surface area contributed by atoms with Crippen LogP contribution in [0.15, 0.2) is 40.8 Å². The van der Waals surface area contributed by atoms with Crippen LogP contribution in [0.1, 0.15) is 15.2 Å². The van der Waals surface area contributed by atoms with Crippen LogP contribution in [0.2, 0.25) is 0 Å². The van der Waals surface area contributed by atoms with Gasteiger partial charge in [0.15, 0.2) is 5.11 Å². The minimum Gasteiger partial charge on any atom is -0.496 e. The molecule has 8 heteroatoms. The van der Waals surface area contributed by atoms with Crippen molar-refractivity contribution in [2.45, 2.75) is 0 Å². The van der Waals surface area contributed by atoms with Gasteiger partial charge in [0, 0.05) is 5.56 Å². The summed E-state index contributed by atoms with van der Waals surface area (Å²) in [6.07, 6.45) is 1.60. The predicted molar refractivity (Wildman–Crippen MR) is 95.6 cm³/mol. The molecule has 0 atom stereocenters. The second-order valence-electron chi connectivity index (χ2n) is 4.22. The van der Waals surface area contributed by atoms with Crippen LogP contribution in [0.25, 0.3) is 0 Å². The van der Waals surface area contributed by atoms with Crippen molar-refractivity contribution in [2.75, 3.05) is 19.5 Å². The number of para-hydroxylation sites is 1. The lowest BCUT2D eigenvalue weighted by Crippen LogP contribution is -2.24. The Labute approximate surface area is 143 Å². The maximum atomic E-state index is 11.6. The number of nitrogens with zero attached hydrogens (tertiary/aromatic N) is 1. The molecular formula is C15H15N3O3S2. The number of rotatable bonds is 5. The van der Waals surface area contributed by atoms with E-state index in [0.717, 1.165) is 5.56 Å². The molecule has 0 bridgehead atoms. The Kier molecular flexibility index (Phi) is 6.07. The van der Waals surface area contributed by atoms with Gasteiger partial charge in [0.2, 0.25) is 0 Å². The van der Waals surface area contributed by atoms with Crippen LogP contribution < -0.4 is 15.5 Å². The fourth-order valence-corrected chi connectivity index (χ4v) is 2.67. The van der Waals surface area contributed by atoms with E-state index in [1.165, 1.54) is 18.4 Å². The third kappa shape index (κ3) is 4.51. The Morgan fingerprint density at radius 3 is 2.83 bits per heavy atom. The van der Waals surface area contributed by atoms with E-state index in [-0.39, 0.29) is 5.11 Å². The Morgan fingerprint density at radius 2 is 2.09 bits per heavy atom. The van der Waals surface area contributed by atoms with Crippen LogP contribution in [0.3, 0.4) is 0 Å². The molecular weight excluding hydrogens is 334 g/mol. The summed E-state index contributed by atoms with van der Waals surface area (Å²) in [5.74, 6) is 0.297. The van der Waals surface area contributed by atoms with E-state index in [0.29, 0.717) is 16.3 Å². The Bertz CT molecular complexity index is 728. The molecule has 0 spiro atoms. The van der Waals surface area contributed by atoms with E-state index >= 15 is 0 Å². The topological polar surface area (TPSA) is 72.0 Å². The van der Waals surface area contributed by atoms with E-state index in [2.05, 4.69) is 15.8 Å². The second kappa shape index (κ2) is 8.25. The number of thiophene rings is 1. The fraction of sp³-hybridized carbons (Fsp3) is 0.133. The molecule has 1 heterocycles. The number of ether oxygens (including phenoxy) is 2. The minimum atomic E-state index is -0.414. The summed E-state index contributed by atoms with van der Waals surface area (Å²) in [6, 6.07) is 9.21. The number of carbonyl (C=O) groups excluding carboxylic acids is 1. The first-order valence-corrected chi connectivity index (χ1v) is 7.83. The summed E-state index contributed by atoms with van der Waals surface area (Å²) in [7, 11) is 2.93. The standard InChI is InChI=1S/C15H15N3O3S2/c1-20-12-6-4-3-5-10(12)9-16-18-15(22)17-11-7-8-23-13(11)14(19)21-2/h3-9H,1-2H3,(H2,17,18,22). The van der Waals surface area contributed by atoms with E-state index in [9.17, 15) is 4.79 Å². The van der Waals surface area contributed by atoms with E-state index < -0.39 is 5.97 Å². The summed E-state index contributed by atoms with van der Waals surface area (Å²) in [6.45, 7) is 0. The van der Waals surface area contributed by atoms with Gasteiger partial charge in [0.1, 0.15) is 10.6 Å². The number of nitrogens with one attached hydrogen (secondary N) is 2. The van der Waals surface area contributed by atoms with Crippen molar-refractivity contribution in [1.29, 1.82) is 0 Å². The zero-order chi connectivity index (χ0) is 16.7. The maximum Gasteiger partial charge on any atom is 0.350 e. The van der Waals surface area contributed by atoms with Gasteiger partial charge >= 0.3 is 5.97 Å². The Morgan fingerprint density at radius 1 is 1.30 bits per heavy atom. The summed E-state index contributed by atoms with van der Waals surface area (Å²) in [5.41, 5.74) is 4.08. The van der Waals surface area contributed by atoms with Crippen LogP contribution in [0.5, 0.6) is 5.75 Å². The van der Waals surface area contributed by atoms with Crippen molar-refractivity contribution in [3.63, 3.8) is 0 Å². The Hall–Kier alpha value is -2.45. The molecule has 0 aliphatic heterocycles. The molecule has 2 rings (SSSR count). The molecule has 0 unspecified atom stereocenters. The van der Waals surface area contributed by atoms with Gasteiger partial charge in [-0.1, -0.05) is 12.1 Å². The molecule has 0 saturated heterocycles. The summed E-state index contributed by atoms with van der Waals surface area (Å²) in [4.78, 5) is 12.0. The fourth-order valence-electron chi connectivity index (χ4n) is 1.74. The molecule has 0 saturated carbocycles. The SMILES string of the molecule is COC(=O)c1sccc1NC(=S)NN=Cc1ccccc1OC. The van der Waals surface area contributed by atoms with Crippen molar-refractivity contribution >= 4 is 46.5 Å². The highest BCUT2D eigenvalue weighted by Crippen LogP contribution is 2.23. The lowest BCUT2D eigenvalue weighted by Gasteiger charge is -2.07. The summed E-state index contributed by atoms with van der Waals surface area (Å²) >= 11 is 6.42. The van der Waals surface area contributed by atoms with Crippen molar-refractivity contribution in [1.82, 2.24) is 5.43 Å². The normalized spacial score (nSPS) is 10.3. The molecule has 0 amide bonds. The van der Waals surface area contributed by atoms with Gasteiger partial charge in [-0.15, -0.1) is 11.3 Å². The maximum absolute atomic E-state index is 11.6. The predicted octanol–water partition coefficient (Wildman–Crippen LogP) is 2.86. The van der Waals surface area contributed by atoms with Crippen LogP contribution in [0, 0.1) is 0 Å². The van der Waals surface area contributed by atoms with Gasteiger partial charge in [-0.2, -0.15) is 5.10 Å². The minimum absolute atomic E-state index is 0.264. The lowest BCUT2D eigenvalue weighted by molar-refractivity contribution is 0.0607. The summed E-state index contributed by atoms with van der Waals surface area (Å²) < 4.78 is 9.93. The van der Waals surface area contributed by atoms with Gasteiger partial charge in [-0.25, -0.2) is 4.79 Å². The van der Waals surface area contributed by atoms with Crippen LogP contribution >= 0.6 is 23.6 Å². The second-order valence-corrected chi connectivity index (χ2v) is 5.55. The number of methoxy groups -OCH3 is 2. The molecule has 6 nitrogen and oxygen atoms in total. The molecule has 0 radical (unpaired) electrons. The van der Waals surface area contributed by atoms with Gasteiger partial charge in [-0.05, 0) is 35.8 Å². The molecule has 2 aromatic rings. The number of thiocarbonyl (C=S) groups is 1. The number of hydrogen-bond acceptors (Lipinski definition) is 6. The van der Waals surface area contributed by atoms with Crippen molar-refractivity contribution in [2.24, 2.45) is 5.10 Å². The molecule has 2 N–H and O–H groups in total. The highest BCUT2D eigenvalue weighted by Gasteiger charge is 2.14. The van der Waals surface area contributed by atoms with E-state index in [1.54, 1.807) is 24.8 Å². The lowest BCUT2D eigenvalue weighted by atomic mass is 10.2. The van der Waals surface area contributed by atoms with Gasteiger partial charge < -0.3 is 14.8 Å². The van der Waals surface area contributed by atoms with E-state index in [1.807, 2.05) is 24.3 Å². The Balaban J connectivity index is 1.97. The smallest absolute Gasteiger partial charge is 0.350 e. The monoisotopic (exact) mass is 349 g/mol. The molecule has 1 aromatic heterocycles. The largest absolute Gasteiger partial charge is 0.496 e. The number of hydrogen-bond donors (Lipinski definition) is 2. The number of esters is 1. The zero-order valence-corrected chi connectivity index (χ0v) is 14.2.